The summed E-state index contributed by atoms with van der Waals surface area (Å²) in [5, 5.41) is 8.86. The van der Waals surface area contributed by atoms with Gasteiger partial charge in [-0.3, -0.25) is 9.59 Å². The van der Waals surface area contributed by atoms with Crippen LogP contribution in [0, 0.1) is 11.7 Å². The van der Waals surface area contributed by atoms with E-state index in [2.05, 4.69) is 0 Å². The second-order valence-electron chi connectivity index (χ2n) is 4.49. The molecule has 1 fully saturated rings. The topological polar surface area (TPSA) is 57.6 Å². The minimum Gasteiger partial charge on any atom is -0.481 e. The van der Waals surface area contributed by atoms with E-state index >= 15 is 0 Å². The smallest absolute Gasteiger partial charge is 0.308 e. The Labute approximate surface area is 122 Å². The molecule has 108 valence electrons. The molecule has 1 aromatic rings. The number of amides is 1. The summed E-state index contributed by atoms with van der Waals surface area (Å²) in [6.07, 6.45) is 3.47. The number of halogens is 2. The maximum Gasteiger partial charge on any atom is 0.308 e. The number of aliphatic carboxylic acids is 1. The molecule has 0 bridgehead atoms. The fraction of sp³-hybridized carbons (Fsp3) is 0.286. The lowest BCUT2D eigenvalue weighted by molar-refractivity contribution is -0.141. The lowest BCUT2D eigenvalue weighted by atomic mass is 10.1. The van der Waals surface area contributed by atoms with Gasteiger partial charge in [-0.15, -0.1) is 12.4 Å². The van der Waals surface area contributed by atoms with Crippen LogP contribution in [-0.2, 0) is 9.59 Å². The summed E-state index contributed by atoms with van der Waals surface area (Å²) in [5.41, 5.74) is 0.726. The van der Waals surface area contributed by atoms with Crippen LogP contribution in [0.2, 0.25) is 0 Å². The maximum atomic E-state index is 12.7. The second-order valence-corrected chi connectivity index (χ2v) is 4.49. The molecular weight excluding hydrogens is 285 g/mol. The molecular formula is C14H15ClFNO3. The number of benzene rings is 1. The Morgan fingerprint density at radius 2 is 1.95 bits per heavy atom. The highest BCUT2D eigenvalue weighted by Crippen LogP contribution is 2.17. The third-order valence-electron chi connectivity index (χ3n) is 3.14. The van der Waals surface area contributed by atoms with Gasteiger partial charge in [0.25, 0.3) is 0 Å². The van der Waals surface area contributed by atoms with Crippen molar-refractivity contribution in [2.24, 2.45) is 5.92 Å². The van der Waals surface area contributed by atoms with Crippen molar-refractivity contribution in [2.45, 2.75) is 6.42 Å². The van der Waals surface area contributed by atoms with Crippen molar-refractivity contribution in [1.29, 1.82) is 0 Å². The van der Waals surface area contributed by atoms with Crippen molar-refractivity contribution in [1.82, 2.24) is 4.90 Å². The zero-order chi connectivity index (χ0) is 13.8. The molecule has 6 heteroatoms. The van der Waals surface area contributed by atoms with Gasteiger partial charge in [-0.1, -0.05) is 12.1 Å². The van der Waals surface area contributed by atoms with Crippen LogP contribution in [0.3, 0.4) is 0 Å². The summed E-state index contributed by atoms with van der Waals surface area (Å²) >= 11 is 0. The van der Waals surface area contributed by atoms with Crippen LogP contribution in [0.4, 0.5) is 4.39 Å². The van der Waals surface area contributed by atoms with Crippen molar-refractivity contribution in [3.05, 3.63) is 41.7 Å². The number of nitrogens with zero attached hydrogens (tertiary/aromatic N) is 1. The number of carboxylic acid groups (broad SMARTS) is 1. The maximum absolute atomic E-state index is 12.7. The average molecular weight is 300 g/mol. The zero-order valence-electron chi connectivity index (χ0n) is 10.7. The molecule has 1 atom stereocenters. The number of carbonyl (C=O) groups is 2. The van der Waals surface area contributed by atoms with Crippen LogP contribution < -0.4 is 0 Å². The Morgan fingerprint density at radius 1 is 1.30 bits per heavy atom. The third kappa shape index (κ3) is 4.06. The van der Waals surface area contributed by atoms with Gasteiger partial charge in [-0.25, -0.2) is 4.39 Å². The Bertz CT molecular complexity index is 516. The first-order valence-corrected chi connectivity index (χ1v) is 6.01. The van der Waals surface area contributed by atoms with Gasteiger partial charge in [-0.2, -0.15) is 0 Å². The van der Waals surface area contributed by atoms with Gasteiger partial charge < -0.3 is 10.0 Å². The van der Waals surface area contributed by atoms with Crippen molar-refractivity contribution in [3.8, 4) is 0 Å². The van der Waals surface area contributed by atoms with Gasteiger partial charge in [-0.05, 0) is 30.2 Å². The third-order valence-corrected chi connectivity index (χ3v) is 3.14. The summed E-state index contributed by atoms with van der Waals surface area (Å²) in [7, 11) is 0. The molecule has 1 N–H and O–H groups in total. The highest BCUT2D eigenvalue weighted by atomic mass is 35.5. The van der Waals surface area contributed by atoms with Gasteiger partial charge in [0.1, 0.15) is 5.82 Å². The summed E-state index contributed by atoms with van der Waals surface area (Å²) < 4.78 is 12.7. The largest absolute Gasteiger partial charge is 0.481 e. The Kier molecular flexibility index (Phi) is 5.70. The molecule has 0 aliphatic carbocycles. The van der Waals surface area contributed by atoms with Crippen LogP contribution in [0.1, 0.15) is 12.0 Å². The first kappa shape index (κ1) is 16.2. The van der Waals surface area contributed by atoms with Crippen LogP contribution in [0.25, 0.3) is 6.08 Å². The number of rotatable bonds is 3. The predicted molar refractivity (Wildman–Crippen MR) is 75.0 cm³/mol. The van der Waals surface area contributed by atoms with Gasteiger partial charge in [0.05, 0.1) is 5.92 Å². The van der Waals surface area contributed by atoms with Crippen molar-refractivity contribution in [3.63, 3.8) is 0 Å². The van der Waals surface area contributed by atoms with E-state index in [9.17, 15) is 14.0 Å². The lowest BCUT2D eigenvalue weighted by Crippen LogP contribution is -2.28. The molecule has 1 unspecified atom stereocenters. The number of hydrogen-bond donors (Lipinski definition) is 1. The quantitative estimate of drug-likeness (QED) is 0.871. The highest BCUT2D eigenvalue weighted by molar-refractivity contribution is 5.92. The summed E-state index contributed by atoms with van der Waals surface area (Å²) in [4.78, 5) is 24.1. The Hall–Kier alpha value is -1.88. The summed E-state index contributed by atoms with van der Waals surface area (Å²) in [5.74, 6) is -1.87. The van der Waals surface area contributed by atoms with E-state index in [-0.39, 0.29) is 30.7 Å². The average Bonchev–Trinajstić information content (AvgIpc) is 2.87. The molecule has 0 saturated carbocycles. The minimum absolute atomic E-state index is 0. The molecule has 1 aliphatic rings. The van der Waals surface area contributed by atoms with Crippen LogP contribution in [0.5, 0.6) is 0 Å². The number of likely N-dealkylation sites (tertiary alicyclic amines) is 1. The van der Waals surface area contributed by atoms with Crippen molar-refractivity contribution < 1.29 is 19.1 Å². The number of carbonyl (C=O) groups excluding carboxylic acids is 1. The SMILES string of the molecule is Cl.O=C(O)C1CCN(C(=O)/C=C/c2ccc(F)cc2)C1. The van der Waals surface area contributed by atoms with Crippen LogP contribution in [0.15, 0.2) is 30.3 Å². The molecule has 20 heavy (non-hydrogen) atoms. The normalized spacial score (nSPS) is 18.1. The van der Waals surface area contributed by atoms with E-state index in [1.54, 1.807) is 18.2 Å². The van der Waals surface area contributed by atoms with E-state index in [0.29, 0.717) is 13.0 Å². The molecule has 0 aromatic heterocycles. The van der Waals surface area contributed by atoms with E-state index in [0.717, 1.165) is 5.56 Å². The van der Waals surface area contributed by atoms with Gasteiger partial charge in [0, 0.05) is 19.2 Å². The molecule has 1 aliphatic heterocycles. The van der Waals surface area contributed by atoms with Gasteiger partial charge >= 0.3 is 5.97 Å². The Morgan fingerprint density at radius 3 is 2.50 bits per heavy atom. The second kappa shape index (κ2) is 7.05. The fourth-order valence-electron chi connectivity index (χ4n) is 2.01. The van der Waals surface area contributed by atoms with Crippen molar-refractivity contribution >= 4 is 30.4 Å². The van der Waals surface area contributed by atoms with Gasteiger partial charge in [0.15, 0.2) is 0 Å². The zero-order valence-corrected chi connectivity index (χ0v) is 11.5. The Balaban J connectivity index is 0.00000200. The molecule has 1 heterocycles. The molecule has 1 aromatic carbocycles. The molecule has 4 nitrogen and oxygen atoms in total. The molecule has 0 spiro atoms. The van der Waals surface area contributed by atoms with Crippen LogP contribution in [-0.4, -0.2) is 35.0 Å². The number of hydrogen-bond acceptors (Lipinski definition) is 2. The summed E-state index contributed by atoms with van der Waals surface area (Å²) in [6.45, 7) is 0.714. The predicted octanol–water partition coefficient (Wildman–Crippen LogP) is 2.19. The monoisotopic (exact) mass is 299 g/mol. The fourth-order valence-corrected chi connectivity index (χ4v) is 2.01. The van der Waals surface area contributed by atoms with Gasteiger partial charge in [0.2, 0.25) is 5.91 Å². The first-order chi connectivity index (χ1) is 9.06. The molecule has 0 radical (unpaired) electrons. The lowest BCUT2D eigenvalue weighted by Gasteiger charge is -2.12. The minimum atomic E-state index is -0.863. The van der Waals surface area contributed by atoms with E-state index < -0.39 is 11.9 Å². The van der Waals surface area contributed by atoms with E-state index in [1.807, 2.05) is 0 Å². The standard InChI is InChI=1S/C14H14FNO3.ClH/c15-12-4-1-10(2-5-12)3-6-13(17)16-8-7-11(9-16)14(18)19;/h1-6,11H,7-9H2,(H,18,19);1H/b6-3+;. The van der Waals surface area contributed by atoms with Crippen molar-refractivity contribution in [2.75, 3.05) is 13.1 Å². The molecule has 2 rings (SSSR count). The molecule has 1 amide bonds. The van der Waals surface area contributed by atoms with Crippen LogP contribution >= 0.6 is 12.4 Å². The van der Waals surface area contributed by atoms with E-state index in [1.165, 1.54) is 23.1 Å². The summed E-state index contributed by atoms with van der Waals surface area (Å²) in [6, 6.07) is 5.78. The number of carboxylic acids is 1. The highest BCUT2D eigenvalue weighted by Gasteiger charge is 2.29. The first-order valence-electron chi connectivity index (χ1n) is 6.01. The molecule has 1 saturated heterocycles. The van der Waals surface area contributed by atoms with E-state index in [4.69, 9.17) is 5.11 Å².